The zero-order valence-electron chi connectivity index (χ0n) is 14.8. The van der Waals surface area contributed by atoms with Gasteiger partial charge in [0.1, 0.15) is 0 Å². The lowest BCUT2D eigenvalue weighted by molar-refractivity contribution is -0.876. The van der Waals surface area contributed by atoms with Gasteiger partial charge in [-0.25, -0.2) is 0 Å². The van der Waals surface area contributed by atoms with Gasteiger partial charge in [0.05, 0.1) is 42.7 Å². The molecule has 2 aliphatic rings. The van der Waals surface area contributed by atoms with E-state index in [1.807, 2.05) is 6.08 Å². The maximum absolute atomic E-state index is 12.6. The van der Waals surface area contributed by atoms with Gasteiger partial charge in [0.15, 0.2) is 0 Å². The number of fused-ring (bicyclic) bond motifs is 1. The first kappa shape index (κ1) is 21.5. The fourth-order valence-corrected chi connectivity index (χ4v) is 3.96. The maximum Gasteiger partial charge on any atom is 0.254 e. The Balaban J connectivity index is 1.92. The summed E-state index contributed by atoms with van der Waals surface area (Å²) in [7, 11) is 0. The van der Waals surface area contributed by atoms with Crippen LogP contribution in [0.15, 0.2) is 46.8 Å². The first-order chi connectivity index (χ1) is 12.4. The summed E-state index contributed by atoms with van der Waals surface area (Å²) >= 11 is 17.5. The fourth-order valence-electron chi connectivity index (χ4n) is 3.16. The number of halogens is 3. The molecule has 1 aliphatic carbocycles. The number of nitroso groups, excluding NO2 is 1. The molecule has 0 aromatic heterocycles. The van der Waals surface area contributed by atoms with Crippen LogP contribution in [-0.2, 0) is 0 Å². The van der Waals surface area contributed by atoms with Crippen LogP contribution < -0.4 is 5.32 Å². The molecule has 1 heterocycles. The molecule has 2 unspecified atom stereocenters. The van der Waals surface area contributed by atoms with Crippen LogP contribution >= 0.6 is 34.8 Å². The zero-order valence-corrected chi connectivity index (χ0v) is 17.1. The van der Waals surface area contributed by atoms with Crippen LogP contribution in [0, 0.1) is 10.1 Å². The molecule has 0 saturated carbocycles. The van der Waals surface area contributed by atoms with E-state index in [0.29, 0.717) is 36.4 Å². The Bertz CT molecular complexity index is 638. The Morgan fingerprint density at radius 3 is 2.58 bits per heavy atom. The Hall–Kier alpha value is -0.850. The smallest absolute Gasteiger partial charge is 0.254 e. The number of rotatable bonds is 10. The molecule has 0 bridgehead atoms. The monoisotopic (exact) mass is 420 g/mol. The van der Waals surface area contributed by atoms with Gasteiger partial charge in [0, 0.05) is 32.9 Å². The fraction of sp³-hybridized carbons (Fsp3) is 0.556. The number of quaternary nitrogens is 1. The third kappa shape index (κ3) is 5.83. The zero-order chi connectivity index (χ0) is 19.2. The summed E-state index contributed by atoms with van der Waals surface area (Å²) in [6.45, 7) is 3.33. The van der Waals surface area contributed by atoms with Gasteiger partial charge in [-0.05, 0) is 31.9 Å². The van der Waals surface area contributed by atoms with E-state index in [1.165, 1.54) is 6.20 Å². The van der Waals surface area contributed by atoms with E-state index in [-0.39, 0.29) is 10.7 Å². The van der Waals surface area contributed by atoms with Crippen molar-refractivity contribution in [3.05, 3.63) is 56.9 Å². The second-order valence-electron chi connectivity index (χ2n) is 6.67. The van der Waals surface area contributed by atoms with Crippen LogP contribution in [-0.4, -0.2) is 52.9 Å². The van der Waals surface area contributed by atoms with Gasteiger partial charge in [0.25, 0.3) is 6.04 Å². The van der Waals surface area contributed by atoms with Gasteiger partial charge >= 0.3 is 0 Å². The topological polar surface area (TPSA) is 55.2 Å². The van der Waals surface area contributed by atoms with Crippen molar-refractivity contribution in [3.63, 3.8) is 0 Å². The van der Waals surface area contributed by atoms with Gasteiger partial charge in [-0.1, -0.05) is 11.6 Å². The molecule has 5 nitrogen and oxygen atoms in total. The number of allylic oxidation sites excluding steroid dienone is 3. The summed E-state index contributed by atoms with van der Waals surface area (Å²) < 4.78 is 0.547. The Labute approximate surface area is 169 Å². The molecule has 0 amide bonds. The third-order valence-electron chi connectivity index (χ3n) is 4.62. The van der Waals surface area contributed by atoms with E-state index < -0.39 is 6.04 Å². The standard InChI is InChI=1S/C18H25Cl3N3O2/c1-14(3-2-10-24(26,11-7-19)12-8-20)22-17-6-9-23(25)18-13-15(21)4-5-16(17)18/h4-6,9,13-14,18,22H,2-3,7-8,10-12H2,1H3/q+1. The number of hydrogen-bond donors (Lipinski definition) is 1. The van der Waals surface area contributed by atoms with Crippen molar-refractivity contribution in [2.75, 3.05) is 31.4 Å². The molecule has 2 atom stereocenters. The summed E-state index contributed by atoms with van der Waals surface area (Å²) in [4.78, 5) is 12.0. The van der Waals surface area contributed by atoms with Crippen molar-refractivity contribution in [3.8, 4) is 0 Å². The average Bonchev–Trinajstić information content (AvgIpc) is 2.58. The van der Waals surface area contributed by atoms with Crippen molar-refractivity contribution in [2.24, 2.45) is 0 Å². The molecule has 144 valence electrons. The van der Waals surface area contributed by atoms with Gasteiger partial charge in [-0.15, -0.1) is 23.2 Å². The molecule has 26 heavy (non-hydrogen) atoms. The van der Waals surface area contributed by atoms with Crippen molar-refractivity contribution in [1.82, 2.24) is 5.32 Å². The van der Waals surface area contributed by atoms with E-state index in [4.69, 9.17) is 34.8 Å². The SMILES string of the molecule is CC(CCC[N+]([O-])(CCCl)CCCl)NC1=C2C=CC(Cl)=CC2[N+](=O)C=C1. The van der Waals surface area contributed by atoms with Crippen LogP contribution in [0.3, 0.4) is 0 Å². The van der Waals surface area contributed by atoms with E-state index in [9.17, 15) is 10.1 Å². The van der Waals surface area contributed by atoms with Gasteiger partial charge < -0.3 is 15.2 Å². The number of hydroxylamine groups is 3. The lowest BCUT2D eigenvalue weighted by atomic mass is 9.96. The van der Waals surface area contributed by atoms with E-state index >= 15 is 0 Å². The summed E-state index contributed by atoms with van der Waals surface area (Å²) in [6, 6.07) is -0.234. The molecule has 0 saturated heterocycles. The minimum atomic E-state index is -0.398. The average molecular weight is 422 g/mol. The van der Waals surface area contributed by atoms with Crippen molar-refractivity contribution < 1.29 is 9.41 Å². The second kappa shape index (κ2) is 9.90. The molecule has 1 aliphatic heterocycles. The van der Waals surface area contributed by atoms with Crippen LogP contribution in [0.4, 0.5) is 0 Å². The van der Waals surface area contributed by atoms with Crippen LogP contribution in [0.5, 0.6) is 0 Å². The normalized spacial score (nSPS) is 20.9. The molecule has 0 spiro atoms. The summed E-state index contributed by atoms with van der Waals surface area (Å²) in [5, 5.41) is 16.6. The minimum absolute atomic E-state index is 0.163. The molecular weight excluding hydrogens is 397 g/mol. The van der Waals surface area contributed by atoms with Crippen LogP contribution in [0.1, 0.15) is 19.8 Å². The van der Waals surface area contributed by atoms with Gasteiger partial charge in [-0.2, -0.15) is 0 Å². The summed E-state index contributed by atoms with van der Waals surface area (Å²) in [6.07, 6.45) is 10.3. The number of hydrogen-bond acceptors (Lipinski definition) is 3. The maximum atomic E-state index is 12.6. The Morgan fingerprint density at radius 1 is 1.23 bits per heavy atom. The van der Waals surface area contributed by atoms with E-state index in [1.54, 1.807) is 18.2 Å². The van der Waals surface area contributed by atoms with Crippen LogP contribution in [0.25, 0.3) is 0 Å². The lowest BCUT2D eigenvalue weighted by Crippen LogP contribution is -2.46. The minimum Gasteiger partial charge on any atom is -0.633 e. The highest BCUT2D eigenvalue weighted by atomic mass is 35.5. The molecular formula is C18H25Cl3N3O2+. The first-order valence-electron chi connectivity index (χ1n) is 8.77. The van der Waals surface area contributed by atoms with Crippen molar-refractivity contribution in [2.45, 2.75) is 31.8 Å². The van der Waals surface area contributed by atoms with Gasteiger partial charge in [-0.3, -0.25) is 0 Å². The highest BCUT2D eigenvalue weighted by molar-refractivity contribution is 6.31. The quantitative estimate of drug-likeness (QED) is 0.249. The van der Waals surface area contributed by atoms with Crippen molar-refractivity contribution >= 4 is 34.8 Å². The number of nitrogens with zero attached hydrogens (tertiary/aromatic N) is 2. The molecule has 2 rings (SSSR count). The van der Waals surface area contributed by atoms with Gasteiger partial charge in [0.2, 0.25) is 6.20 Å². The van der Waals surface area contributed by atoms with Crippen LogP contribution in [0.2, 0.25) is 0 Å². The largest absolute Gasteiger partial charge is 0.633 e. The first-order valence-corrected chi connectivity index (χ1v) is 10.2. The Morgan fingerprint density at radius 2 is 1.92 bits per heavy atom. The second-order valence-corrected chi connectivity index (χ2v) is 7.86. The Kier molecular flexibility index (Phi) is 8.17. The van der Waals surface area contributed by atoms with E-state index in [0.717, 1.165) is 28.9 Å². The third-order valence-corrected chi connectivity index (χ3v) is 5.21. The predicted octanol–water partition coefficient (Wildman–Crippen LogP) is 4.16. The number of nitrogens with one attached hydrogen (secondary N) is 1. The molecule has 8 heteroatoms. The molecule has 1 N–H and O–H groups in total. The highest BCUT2D eigenvalue weighted by Gasteiger charge is 2.32. The number of alkyl halides is 2. The van der Waals surface area contributed by atoms with E-state index in [2.05, 4.69) is 12.2 Å². The molecule has 0 fully saturated rings. The van der Waals surface area contributed by atoms with Crippen molar-refractivity contribution in [1.29, 1.82) is 0 Å². The predicted molar refractivity (Wildman–Crippen MR) is 108 cm³/mol. The summed E-state index contributed by atoms with van der Waals surface area (Å²) in [5.41, 5.74) is 1.81. The summed E-state index contributed by atoms with van der Waals surface area (Å²) in [5.74, 6) is 0.676. The lowest BCUT2D eigenvalue weighted by Gasteiger charge is -2.42. The molecule has 0 aromatic rings. The molecule has 0 radical (unpaired) electrons. The highest BCUT2D eigenvalue weighted by Crippen LogP contribution is 2.27. The molecule has 0 aromatic carbocycles.